The van der Waals surface area contributed by atoms with E-state index in [0.29, 0.717) is 71.9 Å². The summed E-state index contributed by atoms with van der Waals surface area (Å²) in [5.74, 6) is 1.76. The van der Waals surface area contributed by atoms with Crippen LogP contribution < -0.4 is 5.32 Å². The van der Waals surface area contributed by atoms with Crippen LogP contribution in [0.2, 0.25) is 12.1 Å². The molecule has 0 fully saturated rings. The van der Waals surface area contributed by atoms with Crippen molar-refractivity contribution in [2.75, 3.05) is 77.5 Å². The largest absolute Gasteiger partial charge is 0.508 e. The maximum absolute atomic E-state index is 12.2. The Bertz CT molecular complexity index is 1510. The Labute approximate surface area is 368 Å². The van der Waals surface area contributed by atoms with Crippen LogP contribution >= 0.6 is 23.5 Å². The van der Waals surface area contributed by atoms with E-state index >= 15 is 0 Å². The van der Waals surface area contributed by atoms with Crippen molar-refractivity contribution in [2.45, 2.75) is 115 Å². The number of hydrogen-bond acceptors (Lipinski definition) is 15. The van der Waals surface area contributed by atoms with Gasteiger partial charge in [0.15, 0.2) is 0 Å². The first-order chi connectivity index (χ1) is 29.3. The minimum absolute atomic E-state index is 0.283. The van der Waals surface area contributed by atoms with Crippen LogP contribution in [0.5, 0.6) is 0 Å². The number of rotatable bonds is 34. The summed E-state index contributed by atoms with van der Waals surface area (Å²) in [6.45, 7) is 16.5. The van der Waals surface area contributed by atoms with E-state index in [1.807, 2.05) is 66.1 Å². The maximum Gasteiger partial charge on any atom is 0.508 e. The Morgan fingerprint density at radius 1 is 0.533 bits per heavy atom. The quantitative estimate of drug-likeness (QED) is 0.0198. The first kappa shape index (κ1) is 51.8. The van der Waals surface area contributed by atoms with Crippen LogP contribution in [0, 0.1) is 0 Å². The van der Waals surface area contributed by atoms with Gasteiger partial charge in [0, 0.05) is 91.2 Å². The molecule has 0 aliphatic carbocycles. The van der Waals surface area contributed by atoms with Gasteiger partial charge in [0.05, 0.1) is 30.9 Å². The Morgan fingerprint density at radius 3 is 1.37 bits per heavy atom. The summed E-state index contributed by atoms with van der Waals surface area (Å²) in [4.78, 5) is 36.1. The van der Waals surface area contributed by atoms with Gasteiger partial charge >= 0.3 is 29.9 Å². The molecule has 0 atom stereocenters. The molecule has 3 aromatic rings. The van der Waals surface area contributed by atoms with Gasteiger partial charge in [-0.25, -0.2) is 9.59 Å². The lowest BCUT2D eigenvalue weighted by atomic mass is 10.1. The predicted octanol–water partition coefficient (Wildman–Crippen LogP) is 10.1. The molecular formula is C42H69N3O11S2Si2. The van der Waals surface area contributed by atoms with E-state index in [9.17, 15) is 9.59 Å². The number of nitrogens with zero attached hydrogens (tertiary/aromatic N) is 2. The molecule has 2 aromatic heterocycles. The van der Waals surface area contributed by atoms with E-state index in [2.05, 4.69) is 17.4 Å². The lowest BCUT2D eigenvalue weighted by molar-refractivity contribution is 0.0523. The number of ether oxygens (including phenoxy) is 3. The monoisotopic (exact) mass is 911 g/mol. The molecule has 0 aliphatic rings. The standard InChI is InChI=1S/C42H69N3O11S2Si2/c1-7-51-59(52-8-2,53-9-3)33-19-13-25-45-41(46)48-28-14-17-31-57-37-23-26-43-39-35(37)21-22-36-38(24-27-44-40(36)39)58-32-18-15-29-49-42(47)50-30-16-20-34-60(54-10-4,55-11-5)56-12-6/h21-24,26-27H,7-20,25,28-34H2,1-6H3,(H,45,46). The molecular weight excluding hydrogens is 843 g/mol. The van der Waals surface area contributed by atoms with Crippen LogP contribution in [0.25, 0.3) is 21.8 Å². The van der Waals surface area contributed by atoms with Crippen LogP contribution in [0.1, 0.15) is 92.9 Å². The van der Waals surface area contributed by atoms with Gasteiger partial charge in [0.2, 0.25) is 0 Å². The van der Waals surface area contributed by atoms with Crippen molar-refractivity contribution < 1.29 is 50.4 Å². The number of carbonyl (C=O) groups excluding carboxylic acids is 2. The summed E-state index contributed by atoms with van der Waals surface area (Å²) in [5, 5.41) is 4.99. The molecule has 14 nitrogen and oxygen atoms in total. The number of unbranched alkanes of at least 4 members (excludes halogenated alkanes) is 4. The van der Waals surface area contributed by atoms with Gasteiger partial charge in [0.1, 0.15) is 0 Å². The minimum atomic E-state index is -2.68. The second-order valence-electron chi connectivity index (χ2n) is 13.5. The van der Waals surface area contributed by atoms with E-state index in [1.165, 1.54) is 0 Å². The van der Waals surface area contributed by atoms with Crippen molar-refractivity contribution in [3.63, 3.8) is 0 Å². The summed E-state index contributed by atoms with van der Waals surface area (Å²) < 4.78 is 51.3. The third-order valence-corrected chi connectivity index (χ3v) is 17.7. The van der Waals surface area contributed by atoms with Gasteiger partial charge in [-0.05, 0) is 117 Å². The van der Waals surface area contributed by atoms with Crippen molar-refractivity contribution >= 4 is 75.2 Å². The van der Waals surface area contributed by atoms with E-state index in [0.717, 1.165) is 94.1 Å². The molecule has 1 amide bonds. The molecule has 0 spiro atoms. The number of pyridine rings is 2. The van der Waals surface area contributed by atoms with Crippen molar-refractivity contribution in [1.29, 1.82) is 0 Å². The number of hydrogen-bond donors (Lipinski definition) is 1. The van der Waals surface area contributed by atoms with Gasteiger partial charge in [-0.2, -0.15) is 0 Å². The zero-order valence-electron chi connectivity index (χ0n) is 36.7. The molecule has 1 aromatic carbocycles. The Hall–Kier alpha value is -2.53. The lowest BCUT2D eigenvalue weighted by Gasteiger charge is -2.28. The fraction of sp³-hybridized carbons (Fsp3) is 0.667. The van der Waals surface area contributed by atoms with Crippen LogP contribution in [-0.2, 0) is 40.8 Å². The first-order valence-corrected chi connectivity index (χ1v) is 27.6. The zero-order valence-corrected chi connectivity index (χ0v) is 40.4. The molecule has 60 heavy (non-hydrogen) atoms. The highest BCUT2D eigenvalue weighted by molar-refractivity contribution is 7.99. The van der Waals surface area contributed by atoms with Gasteiger partial charge in [-0.3, -0.25) is 9.97 Å². The van der Waals surface area contributed by atoms with Gasteiger partial charge in [-0.15, -0.1) is 23.5 Å². The third kappa shape index (κ3) is 18.4. The fourth-order valence-corrected chi connectivity index (χ4v) is 13.9. The summed E-state index contributed by atoms with van der Waals surface area (Å²) in [7, 11) is -5.34. The molecule has 0 bridgehead atoms. The Kier molecular flexibility index (Phi) is 26.4. The second-order valence-corrected chi connectivity index (χ2v) is 21.2. The molecule has 0 radical (unpaired) electrons. The SMILES string of the molecule is CCO[Si](CCCCNC(=O)OCCCCSc1ccnc2c1ccc1c(SCCCCOC(=O)OCCCC[Si](OCC)(OCC)OCC)ccnc12)(OCC)OCC. The molecule has 338 valence electrons. The van der Waals surface area contributed by atoms with Gasteiger partial charge in [0.25, 0.3) is 0 Å². The lowest BCUT2D eigenvalue weighted by Crippen LogP contribution is -2.46. The normalized spacial score (nSPS) is 12.0. The predicted molar refractivity (Wildman–Crippen MR) is 243 cm³/mol. The topological polar surface area (TPSA) is 155 Å². The van der Waals surface area contributed by atoms with Crippen LogP contribution in [0.3, 0.4) is 0 Å². The van der Waals surface area contributed by atoms with Crippen molar-refractivity contribution in [3.05, 3.63) is 36.7 Å². The molecule has 3 rings (SSSR count). The number of amides is 1. The van der Waals surface area contributed by atoms with E-state index in [-0.39, 0.29) is 12.7 Å². The number of alkyl carbamates (subject to hydrolysis) is 1. The average Bonchev–Trinajstić information content (AvgIpc) is 3.23. The molecule has 0 aliphatic heterocycles. The number of nitrogens with one attached hydrogen (secondary N) is 1. The average molecular weight is 912 g/mol. The molecule has 0 saturated carbocycles. The Balaban J connectivity index is 1.32. The fourth-order valence-electron chi connectivity index (χ4n) is 6.47. The van der Waals surface area contributed by atoms with Crippen molar-refractivity contribution in [1.82, 2.24) is 15.3 Å². The first-order valence-electron chi connectivity index (χ1n) is 21.8. The number of carbonyl (C=O) groups is 2. The number of benzene rings is 1. The summed E-state index contributed by atoms with van der Waals surface area (Å²) in [5.41, 5.74) is 1.76. The van der Waals surface area contributed by atoms with E-state index in [4.69, 9.17) is 50.7 Å². The number of fused-ring (bicyclic) bond motifs is 3. The van der Waals surface area contributed by atoms with Crippen LogP contribution in [0.15, 0.2) is 46.5 Å². The van der Waals surface area contributed by atoms with Crippen LogP contribution in [0.4, 0.5) is 9.59 Å². The van der Waals surface area contributed by atoms with Gasteiger partial charge in [-0.1, -0.05) is 12.1 Å². The zero-order chi connectivity index (χ0) is 43.3. The summed E-state index contributed by atoms with van der Waals surface area (Å²) in [6.07, 6.45) is 9.05. The molecule has 2 heterocycles. The van der Waals surface area contributed by atoms with Crippen LogP contribution in [-0.4, -0.2) is 117 Å². The number of thioether (sulfide) groups is 2. The summed E-state index contributed by atoms with van der Waals surface area (Å²) in [6, 6.07) is 9.76. The molecule has 0 saturated heterocycles. The van der Waals surface area contributed by atoms with E-state index < -0.39 is 23.8 Å². The van der Waals surface area contributed by atoms with Crippen molar-refractivity contribution in [2.24, 2.45) is 0 Å². The highest BCUT2D eigenvalue weighted by Crippen LogP contribution is 2.35. The summed E-state index contributed by atoms with van der Waals surface area (Å²) >= 11 is 3.54. The molecule has 1 N–H and O–H groups in total. The smallest absolute Gasteiger partial charge is 0.450 e. The van der Waals surface area contributed by atoms with Gasteiger partial charge < -0.3 is 46.1 Å². The molecule has 0 unspecified atom stereocenters. The van der Waals surface area contributed by atoms with Crippen molar-refractivity contribution in [3.8, 4) is 0 Å². The minimum Gasteiger partial charge on any atom is -0.450 e. The number of aromatic nitrogens is 2. The van der Waals surface area contributed by atoms with E-state index in [1.54, 1.807) is 23.5 Å². The highest BCUT2D eigenvalue weighted by Gasteiger charge is 2.40. The highest BCUT2D eigenvalue weighted by atomic mass is 32.2. The Morgan fingerprint density at radius 2 is 0.933 bits per heavy atom. The molecule has 18 heteroatoms. The second kappa shape index (κ2) is 30.5. The maximum atomic E-state index is 12.2. The third-order valence-electron chi connectivity index (χ3n) is 9.05.